The Kier molecular flexibility index (Phi) is 6.42. The molecule has 0 aliphatic heterocycles. The number of halogens is 2. The molecule has 0 radical (unpaired) electrons. The molecule has 0 aliphatic rings. The highest BCUT2D eigenvalue weighted by molar-refractivity contribution is 5.85. The van der Waals surface area contributed by atoms with Gasteiger partial charge in [-0.3, -0.25) is 0 Å². The van der Waals surface area contributed by atoms with Gasteiger partial charge in [0.15, 0.2) is 0 Å². The van der Waals surface area contributed by atoms with Gasteiger partial charge in [-0.15, -0.1) is 24.8 Å². The number of rotatable bonds is 2. The molecule has 2 aromatic heterocycles. The lowest BCUT2D eigenvalue weighted by atomic mass is 10.5. The second kappa shape index (κ2) is 7.04. The van der Waals surface area contributed by atoms with Crippen molar-refractivity contribution in [2.45, 2.75) is 0 Å². The van der Waals surface area contributed by atoms with E-state index in [1.54, 1.807) is 24.5 Å². The maximum Gasteiger partial charge on any atom is 0.221 e. The monoisotopic (exact) mass is 244 g/mol. The highest BCUT2D eigenvalue weighted by atomic mass is 35.5. The molecule has 0 saturated heterocycles. The van der Waals surface area contributed by atoms with Gasteiger partial charge in [-0.25, -0.2) is 9.97 Å². The molecule has 0 atom stereocenters. The smallest absolute Gasteiger partial charge is 0.221 e. The lowest BCUT2D eigenvalue weighted by molar-refractivity contribution is 0.445. The van der Waals surface area contributed by atoms with Gasteiger partial charge in [0.05, 0.1) is 0 Å². The van der Waals surface area contributed by atoms with Crippen LogP contribution in [0.25, 0.3) is 0 Å². The first kappa shape index (κ1) is 13.7. The zero-order valence-corrected chi connectivity index (χ0v) is 9.37. The fraction of sp³-hybridized carbons (Fsp3) is 0. The van der Waals surface area contributed by atoms with Crippen molar-refractivity contribution in [3.05, 3.63) is 48.8 Å². The van der Waals surface area contributed by atoms with Crippen LogP contribution in [0.2, 0.25) is 0 Å². The molecule has 3 nitrogen and oxygen atoms in total. The fourth-order valence-electron chi connectivity index (χ4n) is 0.922. The molecule has 15 heavy (non-hydrogen) atoms. The minimum absolute atomic E-state index is 0. The number of hydrogen-bond donors (Lipinski definition) is 0. The number of ether oxygens (including phenoxy) is 1. The van der Waals surface area contributed by atoms with Crippen LogP contribution < -0.4 is 4.74 Å². The van der Waals surface area contributed by atoms with E-state index in [1.165, 1.54) is 0 Å². The van der Waals surface area contributed by atoms with Crippen LogP contribution in [0.4, 0.5) is 0 Å². The molecule has 0 aromatic carbocycles. The van der Waals surface area contributed by atoms with Gasteiger partial charge in [0.1, 0.15) is 0 Å². The summed E-state index contributed by atoms with van der Waals surface area (Å²) >= 11 is 0. The molecule has 0 fully saturated rings. The Morgan fingerprint density at radius 1 is 0.733 bits per heavy atom. The maximum atomic E-state index is 5.36. The van der Waals surface area contributed by atoms with Crippen molar-refractivity contribution in [2.75, 3.05) is 0 Å². The molecule has 0 saturated carbocycles. The van der Waals surface area contributed by atoms with Crippen molar-refractivity contribution < 1.29 is 4.74 Å². The van der Waals surface area contributed by atoms with E-state index in [-0.39, 0.29) is 24.8 Å². The third kappa shape index (κ3) is 4.14. The molecular weight excluding hydrogens is 235 g/mol. The summed E-state index contributed by atoms with van der Waals surface area (Å²) in [6, 6.07) is 11.0. The second-order valence-corrected chi connectivity index (χ2v) is 2.44. The first-order valence-corrected chi connectivity index (χ1v) is 3.95. The third-order valence-corrected chi connectivity index (χ3v) is 1.48. The van der Waals surface area contributed by atoms with Crippen LogP contribution >= 0.6 is 24.8 Å². The van der Waals surface area contributed by atoms with Crippen molar-refractivity contribution in [1.82, 2.24) is 9.97 Å². The minimum atomic E-state index is 0. The number of aromatic nitrogens is 2. The maximum absolute atomic E-state index is 5.36. The van der Waals surface area contributed by atoms with Gasteiger partial charge in [-0.1, -0.05) is 12.1 Å². The summed E-state index contributed by atoms with van der Waals surface area (Å²) in [6.45, 7) is 0. The number of nitrogens with zero attached hydrogens (tertiary/aromatic N) is 2. The zero-order valence-electron chi connectivity index (χ0n) is 7.74. The van der Waals surface area contributed by atoms with E-state index in [0.29, 0.717) is 11.8 Å². The van der Waals surface area contributed by atoms with Crippen molar-refractivity contribution in [3.8, 4) is 11.8 Å². The Labute approximate surface area is 100 Å². The van der Waals surface area contributed by atoms with Crippen molar-refractivity contribution in [1.29, 1.82) is 0 Å². The predicted octanol–water partition coefficient (Wildman–Crippen LogP) is 3.11. The summed E-state index contributed by atoms with van der Waals surface area (Å²) in [5, 5.41) is 0. The van der Waals surface area contributed by atoms with Crippen molar-refractivity contribution in [3.63, 3.8) is 0 Å². The average Bonchev–Trinajstić information content (AvgIpc) is 2.21. The second-order valence-electron chi connectivity index (χ2n) is 2.44. The van der Waals surface area contributed by atoms with E-state index in [9.17, 15) is 0 Å². The van der Waals surface area contributed by atoms with Gasteiger partial charge in [-0.2, -0.15) is 0 Å². The summed E-state index contributed by atoms with van der Waals surface area (Å²) in [7, 11) is 0. The van der Waals surface area contributed by atoms with E-state index < -0.39 is 0 Å². The molecule has 2 aromatic rings. The Balaban J connectivity index is 0.000000980. The highest BCUT2D eigenvalue weighted by Crippen LogP contribution is 2.14. The molecular formula is C10H10Cl2N2O. The Bertz CT molecular complexity index is 332. The lowest BCUT2D eigenvalue weighted by Crippen LogP contribution is -1.88. The molecule has 0 aliphatic carbocycles. The van der Waals surface area contributed by atoms with E-state index in [2.05, 4.69) is 9.97 Å². The van der Waals surface area contributed by atoms with E-state index in [4.69, 9.17) is 4.74 Å². The Morgan fingerprint density at radius 3 is 1.53 bits per heavy atom. The van der Waals surface area contributed by atoms with Gasteiger partial charge in [-0.05, 0) is 12.1 Å². The average molecular weight is 245 g/mol. The summed E-state index contributed by atoms with van der Waals surface area (Å²) in [6.07, 6.45) is 3.36. The molecule has 0 spiro atoms. The topological polar surface area (TPSA) is 35.0 Å². The van der Waals surface area contributed by atoms with Crippen LogP contribution in [0.5, 0.6) is 11.8 Å². The Hall–Kier alpha value is -1.32. The quantitative estimate of drug-likeness (QED) is 0.815. The summed E-state index contributed by atoms with van der Waals surface area (Å²) in [4.78, 5) is 8.02. The van der Waals surface area contributed by atoms with Crippen LogP contribution in [0.3, 0.4) is 0 Å². The summed E-state index contributed by atoms with van der Waals surface area (Å²) in [5.74, 6) is 1.11. The third-order valence-electron chi connectivity index (χ3n) is 1.48. The first-order valence-electron chi connectivity index (χ1n) is 3.95. The lowest BCUT2D eigenvalue weighted by Gasteiger charge is -2.00. The van der Waals surface area contributed by atoms with Gasteiger partial charge in [0, 0.05) is 24.5 Å². The standard InChI is InChI=1S/C10H8N2O.2ClH/c1-3-7-11-9(5-1)13-10-6-2-4-8-12-10;;/h1-8H;2*1H. The van der Waals surface area contributed by atoms with Gasteiger partial charge in [0.25, 0.3) is 0 Å². The fourth-order valence-corrected chi connectivity index (χ4v) is 0.922. The predicted molar refractivity (Wildman–Crippen MR) is 63.0 cm³/mol. The van der Waals surface area contributed by atoms with Gasteiger partial charge < -0.3 is 4.74 Å². The van der Waals surface area contributed by atoms with Crippen LogP contribution in [0.1, 0.15) is 0 Å². The highest BCUT2D eigenvalue weighted by Gasteiger charge is 1.95. The molecule has 0 N–H and O–H groups in total. The summed E-state index contributed by atoms with van der Waals surface area (Å²) < 4.78 is 5.36. The van der Waals surface area contributed by atoms with E-state index >= 15 is 0 Å². The molecule has 80 valence electrons. The van der Waals surface area contributed by atoms with E-state index in [1.807, 2.05) is 24.3 Å². The largest absolute Gasteiger partial charge is 0.421 e. The van der Waals surface area contributed by atoms with Gasteiger partial charge >= 0.3 is 0 Å². The van der Waals surface area contributed by atoms with Crippen LogP contribution in [0.15, 0.2) is 48.8 Å². The summed E-state index contributed by atoms with van der Waals surface area (Å²) in [5.41, 5.74) is 0. The molecule has 2 heterocycles. The molecule has 0 bridgehead atoms. The van der Waals surface area contributed by atoms with Crippen molar-refractivity contribution in [2.24, 2.45) is 0 Å². The molecule has 0 amide bonds. The molecule has 2 rings (SSSR count). The first-order chi connectivity index (χ1) is 6.45. The normalized spacial score (nSPS) is 8.27. The van der Waals surface area contributed by atoms with Crippen LogP contribution in [-0.2, 0) is 0 Å². The van der Waals surface area contributed by atoms with E-state index in [0.717, 1.165) is 0 Å². The van der Waals surface area contributed by atoms with Gasteiger partial charge in [0.2, 0.25) is 11.8 Å². The zero-order chi connectivity index (χ0) is 8.93. The minimum Gasteiger partial charge on any atom is -0.421 e. The Morgan fingerprint density at radius 2 is 1.20 bits per heavy atom. The number of hydrogen-bond acceptors (Lipinski definition) is 3. The SMILES string of the molecule is Cl.Cl.c1ccc(Oc2ccccn2)nc1. The van der Waals surface area contributed by atoms with Crippen molar-refractivity contribution >= 4 is 24.8 Å². The van der Waals surface area contributed by atoms with Crippen LogP contribution in [-0.4, -0.2) is 9.97 Å². The van der Waals surface area contributed by atoms with Crippen LogP contribution in [0, 0.1) is 0 Å². The molecule has 5 heteroatoms. The molecule has 0 unspecified atom stereocenters. The number of pyridine rings is 2.